The quantitative estimate of drug-likeness (QED) is 0.357. The highest BCUT2D eigenvalue weighted by Crippen LogP contribution is 2.28. The Bertz CT molecular complexity index is 1060. The first-order valence-corrected chi connectivity index (χ1v) is 12.1. The summed E-state index contributed by atoms with van der Waals surface area (Å²) in [5.74, 6) is 2.53. The molecule has 32 heavy (non-hydrogen) atoms. The van der Waals surface area contributed by atoms with Crippen LogP contribution in [0.15, 0.2) is 42.5 Å². The Morgan fingerprint density at radius 1 is 1.16 bits per heavy atom. The number of benzene rings is 2. The minimum Gasteiger partial charge on any atom is -0.494 e. The van der Waals surface area contributed by atoms with Gasteiger partial charge in [0, 0.05) is 30.5 Å². The molecule has 1 amide bonds. The van der Waals surface area contributed by atoms with E-state index in [1.807, 2.05) is 31.2 Å². The molecule has 4 rings (SSSR count). The van der Waals surface area contributed by atoms with Crippen LogP contribution < -0.4 is 10.1 Å². The fourth-order valence-corrected chi connectivity index (χ4v) is 4.09. The number of nitrogens with one attached hydrogen (secondary N) is 1. The number of para-hydroxylation sites is 2. The molecule has 0 atom stereocenters. The smallest absolute Gasteiger partial charge is 0.223 e. The molecular formula is C26H32ClN3O2. The first-order chi connectivity index (χ1) is 15.6. The number of hydrogen-bond donors (Lipinski definition) is 1. The number of aryl methyl sites for hydroxylation is 3. The number of fused-ring (bicyclic) bond motifs is 1. The summed E-state index contributed by atoms with van der Waals surface area (Å²) in [6.45, 7) is 4.29. The van der Waals surface area contributed by atoms with Crippen molar-refractivity contribution in [1.29, 1.82) is 0 Å². The van der Waals surface area contributed by atoms with Crippen LogP contribution in [0.5, 0.6) is 5.75 Å². The lowest BCUT2D eigenvalue weighted by Crippen LogP contribution is -2.25. The van der Waals surface area contributed by atoms with E-state index < -0.39 is 0 Å². The number of nitrogens with zero attached hydrogens (tertiary/aromatic N) is 2. The van der Waals surface area contributed by atoms with E-state index in [0.29, 0.717) is 12.5 Å². The Balaban J connectivity index is 1.26. The van der Waals surface area contributed by atoms with E-state index in [-0.39, 0.29) is 5.91 Å². The third kappa shape index (κ3) is 6.04. The van der Waals surface area contributed by atoms with Gasteiger partial charge >= 0.3 is 0 Å². The second-order valence-corrected chi connectivity index (χ2v) is 9.06. The largest absolute Gasteiger partial charge is 0.494 e. The van der Waals surface area contributed by atoms with Gasteiger partial charge < -0.3 is 14.6 Å². The summed E-state index contributed by atoms with van der Waals surface area (Å²) in [6.07, 6.45) is 7.16. The average Bonchev–Trinajstić information content (AvgIpc) is 3.59. The van der Waals surface area contributed by atoms with Gasteiger partial charge in [0.15, 0.2) is 0 Å². The number of hydrogen-bond acceptors (Lipinski definition) is 3. The molecule has 0 spiro atoms. The van der Waals surface area contributed by atoms with Gasteiger partial charge in [0.25, 0.3) is 0 Å². The number of carbonyl (C=O) groups is 1. The molecule has 1 N–H and O–H groups in total. The van der Waals surface area contributed by atoms with E-state index in [2.05, 4.69) is 28.1 Å². The zero-order valence-corrected chi connectivity index (χ0v) is 19.5. The zero-order valence-electron chi connectivity index (χ0n) is 18.8. The molecule has 1 saturated carbocycles. The lowest BCUT2D eigenvalue weighted by atomic mass is 10.2. The van der Waals surface area contributed by atoms with Crippen molar-refractivity contribution in [3.8, 4) is 5.75 Å². The van der Waals surface area contributed by atoms with Crippen molar-refractivity contribution in [2.24, 2.45) is 5.92 Å². The van der Waals surface area contributed by atoms with Gasteiger partial charge in [0.2, 0.25) is 5.91 Å². The first kappa shape index (κ1) is 22.7. The Morgan fingerprint density at radius 2 is 2.00 bits per heavy atom. The van der Waals surface area contributed by atoms with Crippen LogP contribution in [0.1, 0.15) is 49.9 Å². The van der Waals surface area contributed by atoms with Crippen LogP contribution in [0.4, 0.5) is 0 Å². The number of halogens is 1. The predicted octanol–water partition coefficient (Wildman–Crippen LogP) is 5.71. The van der Waals surface area contributed by atoms with Crippen molar-refractivity contribution in [2.75, 3.05) is 13.2 Å². The summed E-state index contributed by atoms with van der Waals surface area (Å²) >= 11 is 6.10. The van der Waals surface area contributed by atoms with Crippen LogP contribution in [0, 0.1) is 12.8 Å². The van der Waals surface area contributed by atoms with Crippen LogP contribution in [0.2, 0.25) is 5.02 Å². The van der Waals surface area contributed by atoms with Gasteiger partial charge in [-0.2, -0.15) is 0 Å². The maximum Gasteiger partial charge on any atom is 0.223 e. The summed E-state index contributed by atoms with van der Waals surface area (Å²) in [5, 5.41) is 3.81. The Kier molecular flexibility index (Phi) is 7.69. The standard InChI is InChI=1S/C26H32ClN3O2/c1-19-18-21(13-14-22(19)27)32-17-7-16-30-24-9-5-4-8-23(24)29-25(30)10-3-2-6-15-28-26(31)20-11-12-20/h4-5,8-9,13-14,18,20H,2-3,6-7,10-12,15-17H2,1H3,(H,28,31). The third-order valence-electron chi connectivity index (χ3n) is 5.98. The number of imidazole rings is 1. The minimum atomic E-state index is 0.239. The SMILES string of the molecule is Cc1cc(OCCCn2c(CCCCCNC(=O)C3CC3)nc3ccccc32)ccc1Cl. The third-order valence-corrected chi connectivity index (χ3v) is 6.41. The monoisotopic (exact) mass is 453 g/mol. The normalized spacial score (nSPS) is 13.4. The maximum absolute atomic E-state index is 11.7. The molecular weight excluding hydrogens is 422 g/mol. The van der Waals surface area contributed by atoms with Crippen LogP contribution in [-0.4, -0.2) is 28.6 Å². The molecule has 0 bridgehead atoms. The molecule has 0 saturated heterocycles. The van der Waals surface area contributed by atoms with Gasteiger partial charge in [-0.25, -0.2) is 4.98 Å². The topological polar surface area (TPSA) is 56.1 Å². The first-order valence-electron chi connectivity index (χ1n) is 11.7. The fraction of sp³-hybridized carbons (Fsp3) is 0.462. The number of carbonyl (C=O) groups excluding carboxylic acids is 1. The Hall–Kier alpha value is -2.53. The summed E-state index contributed by atoms with van der Waals surface area (Å²) in [5.41, 5.74) is 3.26. The lowest BCUT2D eigenvalue weighted by Gasteiger charge is -2.11. The van der Waals surface area contributed by atoms with Crippen molar-refractivity contribution >= 4 is 28.5 Å². The van der Waals surface area contributed by atoms with E-state index >= 15 is 0 Å². The number of aromatic nitrogens is 2. The summed E-state index contributed by atoms with van der Waals surface area (Å²) in [4.78, 5) is 16.6. The van der Waals surface area contributed by atoms with Gasteiger partial charge in [0.05, 0.1) is 17.6 Å². The minimum absolute atomic E-state index is 0.239. The second-order valence-electron chi connectivity index (χ2n) is 8.66. The van der Waals surface area contributed by atoms with Crippen molar-refractivity contribution in [3.05, 3.63) is 58.9 Å². The van der Waals surface area contributed by atoms with E-state index in [9.17, 15) is 4.79 Å². The fourth-order valence-electron chi connectivity index (χ4n) is 3.97. The van der Waals surface area contributed by atoms with Crippen molar-refractivity contribution in [1.82, 2.24) is 14.9 Å². The van der Waals surface area contributed by atoms with Gasteiger partial charge in [-0.15, -0.1) is 0 Å². The molecule has 1 heterocycles. The lowest BCUT2D eigenvalue weighted by molar-refractivity contribution is -0.122. The van der Waals surface area contributed by atoms with Gasteiger partial charge in [0.1, 0.15) is 11.6 Å². The van der Waals surface area contributed by atoms with E-state index in [1.54, 1.807) is 0 Å². The highest BCUT2D eigenvalue weighted by atomic mass is 35.5. The van der Waals surface area contributed by atoms with Crippen LogP contribution in [0.3, 0.4) is 0 Å². The molecule has 2 aromatic carbocycles. The van der Waals surface area contributed by atoms with Gasteiger partial charge in [-0.05, 0) is 74.9 Å². The average molecular weight is 454 g/mol. The predicted molar refractivity (Wildman–Crippen MR) is 129 cm³/mol. The Labute approximate surface area is 195 Å². The van der Waals surface area contributed by atoms with Crippen LogP contribution in [-0.2, 0) is 17.8 Å². The van der Waals surface area contributed by atoms with E-state index in [0.717, 1.165) is 85.7 Å². The van der Waals surface area contributed by atoms with E-state index in [4.69, 9.17) is 21.3 Å². The molecule has 1 aliphatic rings. The number of rotatable bonds is 12. The molecule has 5 nitrogen and oxygen atoms in total. The van der Waals surface area contributed by atoms with Gasteiger partial charge in [-0.1, -0.05) is 30.2 Å². The molecule has 3 aromatic rings. The zero-order chi connectivity index (χ0) is 22.3. The number of ether oxygens (including phenoxy) is 1. The molecule has 6 heteroatoms. The number of unbranched alkanes of at least 4 members (excludes halogenated alkanes) is 2. The molecule has 1 aliphatic carbocycles. The molecule has 0 radical (unpaired) electrons. The molecule has 1 aromatic heterocycles. The van der Waals surface area contributed by atoms with E-state index in [1.165, 1.54) is 5.52 Å². The molecule has 0 unspecified atom stereocenters. The second kappa shape index (κ2) is 10.9. The highest BCUT2D eigenvalue weighted by molar-refractivity contribution is 6.31. The summed E-state index contributed by atoms with van der Waals surface area (Å²) < 4.78 is 8.27. The van der Waals surface area contributed by atoms with Crippen molar-refractivity contribution in [3.63, 3.8) is 0 Å². The van der Waals surface area contributed by atoms with Gasteiger partial charge in [-0.3, -0.25) is 4.79 Å². The highest BCUT2D eigenvalue weighted by Gasteiger charge is 2.28. The van der Waals surface area contributed by atoms with Crippen molar-refractivity contribution < 1.29 is 9.53 Å². The summed E-state index contributed by atoms with van der Waals surface area (Å²) in [6, 6.07) is 14.1. The maximum atomic E-state index is 11.7. The van der Waals surface area contributed by atoms with Crippen LogP contribution >= 0.6 is 11.6 Å². The molecule has 0 aliphatic heterocycles. The number of amides is 1. The molecule has 170 valence electrons. The van der Waals surface area contributed by atoms with Crippen LogP contribution in [0.25, 0.3) is 11.0 Å². The van der Waals surface area contributed by atoms with Crippen molar-refractivity contribution in [2.45, 2.75) is 58.4 Å². The summed E-state index contributed by atoms with van der Waals surface area (Å²) in [7, 11) is 0. The molecule has 1 fully saturated rings. The Morgan fingerprint density at radius 3 is 2.81 bits per heavy atom.